The molecule has 0 aliphatic rings. The number of halogens is 5. The first kappa shape index (κ1) is 19.0. The van der Waals surface area contributed by atoms with Crippen LogP contribution in [0.15, 0.2) is 57.7 Å². The quantitative estimate of drug-likeness (QED) is 0.460. The first-order valence-corrected chi connectivity index (χ1v) is 7.55. The van der Waals surface area contributed by atoms with Crippen molar-refractivity contribution in [3.8, 4) is 0 Å². The number of aliphatic imine (C=N–C) groups is 1. The van der Waals surface area contributed by atoms with E-state index < -0.39 is 11.7 Å². The molecule has 130 valence electrons. The van der Waals surface area contributed by atoms with Gasteiger partial charge in [-0.1, -0.05) is 41.4 Å². The van der Waals surface area contributed by atoms with Crippen molar-refractivity contribution in [1.29, 1.82) is 0 Å². The van der Waals surface area contributed by atoms with Gasteiger partial charge in [0.05, 0.1) is 21.8 Å². The SMILES string of the molecule is N/C(N=Cc1cccc(C(F)(F)F)c1)=N\N=Cc1c(Cl)cccc1Cl. The standard InChI is InChI=1S/C16H11Cl2F3N4/c17-13-5-2-6-14(18)12(13)9-24-25-15(22)23-8-10-3-1-4-11(7-10)16(19,20)21/h1-9H,(H2,22,25). The van der Waals surface area contributed by atoms with E-state index in [-0.39, 0.29) is 11.5 Å². The Morgan fingerprint density at radius 1 is 1.00 bits per heavy atom. The fraction of sp³-hybridized carbons (Fsp3) is 0.0625. The minimum Gasteiger partial charge on any atom is -0.366 e. The number of benzene rings is 2. The van der Waals surface area contributed by atoms with Gasteiger partial charge in [0.15, 0.2) is 0 Å². The number of hydrogen-bond donors (Lipinski definition) is 1. The van der Waals surface area contributed by atoms with Crippen molar-refractivity contribution >= 4 is 41.6 Å². The van der Waals surface area contributed by atoms with Gasteiger partial charge in [0.25, 0.3) is 0 Å². The Morgan fingerprint density at radius 2 is 1.64 bits per heavy atom. The third-order valence-electron chi connectivity index (χ3n) is 2.91. The molecule has 25 heavy (non-hydrogen) atoms. The molecule has 0 saturated carbocycles. The Balaban J connectivity index is 2.11. The zero-order valence-corrected chi connectivity index (χ0v) is 14.0. The summed E-state index contributed by atoms with van der Waals surface area (Å²) in [5.74, 6) is -0.239. The second-order valence-electron chi connectivity index (χ2n) is 4.72. The van der Waals surface area contributed by atoms with E-state index in [4.69, 9.17) is 28.9 Å². The molecule has 0 amide bonds. The fourth-order valence-electron chi connectivity index (χ4n) is 1.74. The van der Waals surface area contributed by atoms with Crippen molar-refractivity contribution in [2.45, 2.75) is 6.18 Å². The summed E-state index contributed by atoms with van der Waals surface area (Å²) in [4.78, 5) is 3.75. The Bertz CT molecular complexity index is 825. The van der Waals surface area contributed by atoms with Crippen LogP contribution in [0.2, 0.25) is 10.0 Å². The Labute approximate surface area is 151 Å². The summed E-state index contributed by atoms with van der Waals surface area (Å²) in [5, 5.41) is 8.10. The van der Waals surface area contributed by atoms with Crippen molar-refractivity contribution in [3.63, 3.8) is 0 Å². The number of guanidine groups is 1. The van der Waals surface area contributed by atoms with Crippen LogP contribution in [0.5, 0.6) is 0 Å². The van der Waals surface area contributed by atoms with Crippen LogP contribution < -0.4 is 5.73 Å². The van der Waals surface area contributed by atoms with Crippen molar-refractivity contribution in [2.24, 2.45) is 20.9 Å². The number of rotatable bonds is 3. The van der Waals surface area contributed by atoms with Gasteiger partial charge in [-0.05, 0) is 29.8 Å². The van der Waals surface area contributed by atoms with E-state index in [1.807, 2.05) is 0 Å². The molecule has 0 heterocycles. The van der Waals surface area contributed by atoms with Crippen LogP contribution in [0.1, 0.15) is 16.7 Å². The molecule has 0 aromatic heterocycles. The third kappa shape index (κ3) is 5.58. The lowest BCUT2D eigenvalue weighted by Gasteiger charge is -2.06. The molecule has 9 heteroatoms. The van der Waals surface area contributed by atoms with E-state index in [1.54, 1.807) is 18.2 Å². The summed E-state index contributed by atoms with van der Waals surface area (Å²) in [6.07, 6.45) is -1.97. The largest absolute Gasteiger partial charge is 0.416 e. The highest BCUT2D eigenvalue weighted by Gasteiger charge is 2.30. The first-order chi connectivity index (χ1) is 11.8. The highest BCUT2D eigenvalue weighted by atomic mass is 35.5. The van der Waals surface area contributed by atoms with Crippen molar-refractivity contribution < 1.29 is 13.2 Å². The predicted octanol–water partition coefficient (Wildman–Crippen LogP) is 4.78. The molecular weight excluding hydrogens is 376 g/mol. The first-order valence-electron chi connectivity index (χ1n) is 6.79. The summed E-state index contributed by atoms with van der Waals surface area (Å²) in [7, 11) is 0. The molecule has 4 nitrogen and oxygen atoms in total. The van der Waals surface area contributed by atoms with Gasteiger partial charge in [0.1, 0.15) is 0 Å². The summed E-state index contributed by atoms with van der Waals surface area (Å²) < 4.78 is 37.9. The van der Waals surface area contributed by atoms with E-state index in [2.05, 4.69) is 15.2 Å². The van der Waals surface area contributed by atoms with Crippen LogP contribution in [0, 0.1) is 0 Å². The van der Waals surface area contributed by atoms with Gasteiger partial charge in [-0.15, -0.1) is 5.10 Å². The average molecular weight is 387 g/mol. The van der Waals surface area contributed by atoms with Crippen LogP contribution in [0.4, 0.5) is 13.2 Å². The van der Waals surface area contributed by atoms with Gasteiger partial charge in [-0.2, -0.15) is 18.3 Å². The number of alkyl halides is 3. The molecule has 2 rings (SSSR count). The maximum Gasteiger partial charge on any atom is 0.416 e. The zero-order valence-electron chi connectivity index (χ0n) is 12.5. The van der Waals surface area contributed by atoms with Crippen LogP contribution >= 0.6 is 23.2 Å². The second-order valence-corrected chi connectivity index (χ2v) is 5.53. The van der Waals surface area contributed by atoms with Crippen molar-refractivity contribution in [1.82, 2.24) is 0 Å². The average Bonchev–Trinajstić information content (AvgIpc) is 2.55. The molecule has 0 saturated heterocycles. The van der Waals surface area contributed by atoms with Gasteiger partial charge in [-0.25, -0.2) is 4.99 Å². The molecule has 0 atom stereocenters. The number of hydrogen-bond acceptors (Lipinski definition) is 2. The molecule has 0 aliphatic carbocycles. The summed E-state index contributed by atoms with van der Waals surface area (Å²) in [5.41, 5.74) is 5.45. The summed E-state index contributed by atoms with van der Waals surface area (Å²) in [6, 6.07) is 9.59. The Hall–Kier alpha value is -2.38. The highest BCUT2D eigenvalue weighted by molar-refractivity contribution is 6.38. The van der Waals surface area contributed by atoms with Crippen molar-refractivity contribution in [2.75, 3.05) is 0 Å². The predicted molar refractivity (Wildman–Crippen MR) is 94.7 cm³/mol. The summed E-state index contributed by atoms with van der Waals surface area (Å²) >= 11 is 11.9. The van der Waals surface area contributed by atoms with E-state index in [1.165, 1.54) is 18.3 Å². The summed E-state index contributed by atoms with van der Waals surface area (Å²) in [6.45, 7) is 0. The minimum atomic E-state index is -4.43. The lowest BCUT2D eigenvalue weighted by atomic mass is 10.1. The van der Waals surface area contributed by atoms with Crippen molar-refractivity contribution in [3.05, 3.63) is 69.2 Å². The Kier molecular flexibility index (Phi) is 6.17. The molecule has 0 radical (unpaired) electrons. The van der Waals surface area contributed by atoms with Gasteiger partial charge < -0.3 is 5.73 Å². The normalized spacial score (nSPS) is 13.1. The van der Waals surface area contributed by atoms with Gasteiger partial charge >= 0.3 is 6.18 Å². The van der Waals surface area contributed by atoms with Crippen LogP contribution in [0.25, 0.3) is 0 Å². The fourth-order valence-corrected chi connectivity index (χ4v) is 2.24. The number of nitrogens with two attached hydrogens (primary N) is 1. The molecule has 2 N–H and O–H groups in total. The van der Waals surface area contributed by atoms with E-state index >= 15 is 0 Å². The van der Waals surface area contributed by atoms with E-state index in [9.17, 15) is 13.2 Å². The monoisotopic (exact) mass is 386 g/mol. The maximum absolute atomic E-state index is 12.6. The number of nitrogens with zero attached hydrogens (tertiary/aromatic N) is 3. The Morgan fingerprint density at radius 3 is 2.28 bits per heavy atom. The smallest absolute Gasteiger partial charge is 0.366 e. The molecule has 0 fully saturated rings. The molecule has 0 spiro atoms. The minimum absolute atomic E-state index is 0.228. The van der Waals surface area contributed by atoms with Gasteiger partial charge in [-0.3, -0.25) is 0 Å². The van der Waals surface area contributed by atoms with Gasteiger partial charge in [0.2, 0.25) is 5.96 Å². The maximum atomic E-state index is 12.6. The molecule has 0 bridgehead atoms. The lowest BCUT2D eigenvalue weighted by molar-refractivity contribution is -0.137. The molecule has 0 unspecified atom stereocenters. The molecule has 2 aromatic carbocycles. The molecule has 0 aliphatic heterocycles. The zero-order chi connectivity index (χ0) is 18.4. The van der Waals surface area contributed by atoms with E-state index in [0.29, 0.717) is 15.6 Å². The topological polar surface area (TPSA) is 63.1 Å². The molecular formula is C16H11Cl2F3N4. The van der Waals surface area contributed by atoms with Gasteiger partial charge in [0, 0.05) is 11.8 Å². The van der Waals surface area contributed by atoms with Crippen LogP contribution in [-0.4, -0.2) is 18.4 Å². The third-order valence-corrected chi connectivity index (χ3v) is 3.57. The lowest BCUT2D eigenvalue weighted by Crippen LogP contribution is -2.08. The van der Waals surface area contributed by atoms with Crippen LogP contribution in [0.3, 0.4) is 0 Å². The van der Waals surface area contributed by atoms with E-state index in [0.717, 1.165) is 18.3 Å². The van der Waals surface area contributed by atoms with Crippen LogP contribution in [-0.2, 0) is 6.18 Å². The molecule has 2 aromatic rings. The highest BCUT2D eigenvalue weighted by Crippen LogP contribution is 2.29. The second kappa shape index (κ2) is 8.13.